The lowest BCUT2D eigenvalue weighted by molar-refractivity contribution is 0.217. The number of benzene rings is 2. The first-order valence-corrected chi connectivity index (χ1v) is 6.50. The Morgan fingerprint density at radius 3 is 2.65 bits per heavy atom. The molecule has 0 spiro atoms. The highest BCUT2D eigenvalue weighted by molar-refractivity contribution is 5.75. The van der Waals surface area contributed by atoms with Gasteiger partial charge in [0.1, 0.15) is 17.4 Å². The van der Waals surface area contributed by atoms with Crippen LogP contribution < -0.4 is 4.74 Å². The third-order valence-corrected chi connectivity index (χ3v) is 3.17. The third kappa shape index (κ3) is 2.50. The highest BCUT2D eigenvalue weighted by Crippen LogP contribution is 2.22. The average molecular weight is 270 g/mol. The normalized spacial score (nSPS) is 12.6. The first-order chi connectivity index (χ1) is 9.61. The average Bonchev–Trinajstić information content (AvgIpc) is 2.84. The number of nitrogens with one attached hydrogen (secondary N) is 1. The molecule has 20 heavy (non-hydrogen) atoms. The van der Waals surface area contributed by atoms with Gasteiger partial charge in [-0.1, -0.05) is 6.07 Å². The maximum atomic E-state index is 12.9. The van der Waals surface area contributed by atoms with Crippen LogP contribution in [0, 0.1) is 12.7 Å². The van der Waals surface area contributed by atoms with Gasteiger partial charge in [-0.05, 0) is 55.8 Å². The Kier molecular flexibility index (Phi) is 3.14. The number of nitrogens with zero attached hydrogens (tertiary/aromatic N) is 1. The van der Waals surface area contributed by atoms with Gasteiger partial charge in [-0.2, -0.15) is 0 Å². The number of fused-ring (bicyclic) bond motifs is 1. The highest BCUT2D eigenvalue weighted by Gasteiger charge is 2.12. The standard InChI is InChI=1S/C16H15FN2O/c1-10-3-8-14-15(9-10)19-16(18-14)11(2)20-13-6-4-12(17)5-7-13/h3-9,11H,1-2H3,(H,18,19)/t11-/m0/s1. The van der Waals surface area contributed by atoms with E-state index < -0.39 is 0 Å². The molecule has 3 aromatic rings. The molecule has 3 nitrogen and oxygen atoms in total. The van der Waals surface area contributed by atoms with Crippen molar-refractivity contribution < 1.29 is 9.13 Å². The minimum absolute atomic E-state index is 0.229. The molecule has 0 radical (unpaired) electrons. The summed E-state index contributed by atoms with van der Waals surface area (Å²) in [6.07, 6.45) is -0.229. The van der Waals surface area contributed by atoms with Crippen molar-refractivity contribution in [3.63, 3.8) is 0 Å². The van der Waals surface area contributed by atoms with E-state index in [1.807, 2.05) is 26.0 Å². The lowest BCUT2D eigenvalue weighted by Crippen LogP contribution is -2.04. The monoisotopic (exact) mass is 270 g/mol. The van der Waals surface area contributed by atoms with E-state index in [-0.39, 0.29) is 11.9 Å². The SMILES string of the molecule is Cc1ccc2nc([C@H](C)Oc3ccc(F)cc3)[nH]c2c1. The summed E-state index contributed by atoms with van der Waals surface area (Å²) >= 11 is 0. The molecule has 1 atom stereocenters. The van der Waals surface area contributed by atoms with Crippen LogP contribution in [0.1, 0.15) is 24.4 Å². The number of aromatic amines is 1. The molecule has 1 heterocycles. The Morgan fingerprint density at radius 2 is 1.90 bits per heavy atom. The van der Waals surface area contributed by atoms with Crippen LogP contribution in [0.5, 0.6) is 5.75 Å². The molecule has 102 valence electrons. The van der Waals surface area contributed by atoms with Gasteiger partial charge in [0, 0.05) is 0 Å². The van der Waals surface area contributed by atoms with E-state index >= 15 is 0 Å². The zero-order chi connectivity index (χ0) is 14.1. The largest absolute Gasteiger partial charge is 0.483 e. The molecule has 4 heteroatoms. The fourth-order valence-electron chi connectivity index (χ4n) is 2.11. The molecule has 0 bridgehead atoms. The molecule has 1 N–H and O–H groups in total. The molecule has 0 amide bonds. The van der Waals surface area contributed by atoms with Crippen LogP contribution >= 0.6 is 0 Å². The molecule has 2 aromatic carbocycles. The summed E-state index contributed by atoms with van der Waals surface area (Å²) in [4.78, 5) is 7.77. The van der Waals surface area contributed by atoms with Crippen molar-refractivity contribution in [2.75, 3.05) is 0 Å². The quantitative estimate of drug-likeness (QED) is 0.776. The molecule has 0 aliphatic rings. The van der Waals surface area contributed by atoms with Crippen molar-refractivity contribution in [1.29, 1.82) is 0 Å². The second-order valence-corrected chi connectivity index (χ2v) is 4.86. The number of H-pyrrole nitrogens is 1. The zero-order valence-electron chi connectivity index (χ0n) is 11.4. The van der Waals surface area contributed by atoms with E-state index in [4.69, 9.17) is 4.74 Å². The number of halogens is 1. The molecule has 3 rings (SSSR count). The fraction of sp³-hybridized carbons (Fsp3) is 0.188. The van der Waals surface area contributed by atoms with E-state index in [0.29, 0.717) is 5.75 Å². The van der Waals surface area contributed by atoms with Crippen LogP contribution in [0.3, 0.4) is 0 Å². The Hall–Kier alpha value is -2.36. The van der Waals surface area contributed by atoms with Gasteiger partial charge in [-0.15, -0.1) is 0 Å². The van der Waals surface area contributed by atoms with Gasteiger partial charge < -0.3 is 9.72 Å². The van der Waals surface area contributed by atoms with Gasteiger partial charge in [0.05, 0.1) is 11.0 Å². The van der Waals surface area contributed by atoms with E-state index in [1.165, 1.54) is 17.7 Å². The summed E-state index contributed by atoms with van der Waals surface area (Å²) in [6.45, 7) is 3.95. The summed E-state index contributed by atoms with van der Waals surface area (Å²) < 4.78 is 18.6. The maximum absolute atomic E-state index is 12.9. The summed E-state index contributed by atoms with van der Waals surface area (Å²) in [6, 6.07) is 12.0. The Bertz CT molecular complexity index is 734. The number of rotatable bonds is 3. The first kappa shape index (κ1) is 12.7. The van der Waals surface area contributed by atoms with Crippen LogP contribution in [0.2, 0.25) is 0 Å². The minimum Gasteiger partial charge on any atom is -0.483 e. The van der Waals surface area contributed by atoms with Gasteiger partial charge >= 0.3 is 0 Å². The number of aryl methyl sites for hydroxylation is 1. The van der Waals surface area contributed by atoms with Crippen molar-refractivity contribution in [3.05, 3.63) is 59.7 Å². The summed E-state index contributed by atoms with van der Waals surface area (Å²) in [7, 11) is 0. The molecule has 0 aliphatic heterocycles. The number of aromatic nitrogens is 2. The van der Waals surface area contributed by atoms with Gasteiger partial charge in [-0.3, -0.25) is 0 Å². The second kappa shape index (κ2) is 4.96. The lowest BCUT2D eigenvalue weighted by atomic mass is 10.2. The molecular weight excluding hydrogens is 255 g/mol. The summed E-state index contributed by atoms with van der Waals surface area (Å²) in [5, 5.41) is 0. The maximum Gasteiger partial charge on any atom is 0.153 e. The summed E-state index contributed by atoms with van der Waals surface area (Å²) in [5.74, 6) is 1.11. The Morgan fingerprint density at radius 1 is 1.15 bits per heavy atom. The Balaban J connectivity index is 1.84. The predicted molar refractivity (Wildman–Crippen MR) is 76.3 cm³/mol. The van der Waals surface area contributed by atoms with Crippen molar-refractivity contribution in [2.24, 2.45) is 0 Å². The van der Waals surface area contributed by atoms with E-state index in [9.17, 15) is 4.39 Å². The Labute approximate surface area is 116 Å². The number of imidazole rings is 1. The van der Waals surface area contributed by atoms with Gasteiger partial charge in [0.25, 0.3) is 0 Å². The predicted octanol–water partition coefficient (Wildman–Crippen LogP) is 4.15. The van der Waals surface area contributed by atoms with Gasteiger partial charge in [-0.25, -0.2) is 9.37 Å². The third-order valence-electron chi connectivity index (χ3n) is 3.17. The number of hydrogen-bond donors (Lipinski definition) is 1. The minimum atomic E-state index is -0.274. The molecular formula is C16H15FN2O. The second-order valence-electron chi connectivity index (χ2n) is 4.86. The molecule has 1 aromatic heterocycles. The molecule has 0 fully saturated rings. The molecule has 0 aliphatic carbocycles. The van der Waals surface area contributed by atoms with E-state index in [2.05, 4.69) is 16.0 Å². The van der Waals surface area contributed by atoms with Crippen molar-refractivity contribution in [2.45, 2.75) is 20.0 Å². The fourth-order valence-corrected chi connectivity index (χ4v) is 2.11. The van der Waals surface area contributed by atoms with Crippen molar-refractivity contribution in [1.82, 2.24) is 9.97 Å². The van der Waals surface area contributed by atoms with Crippen LogP contribution in [0.4, 0.5) is 4.39 Å². The van der Waals surface area contributed by atoms with Crippen molar-refractivity contribution in [3.8, 4) is 5.75 Å². The number of ether oxygens (including phenoxy) is 1. The van der Waals surface area contributed by atoms with Crippen LogP contribution in [-0.4, -0.2) is 9.97 Å². The van der Waals surface area contributed by atoms with Crippen LogP contribution in [0.15, 0.2) is 42.5 Å². The number of hydrogen-bond acceptors (Lipinski definition) is 2. The lowest BCUT2D eigenvalue weighted by Gasteiger charge is -2.12. The van der Waals surface area contributed by atoms with Crippen LogP contribution in [-0.2, 0) is 0 Å². The topological polar surface area (TPSA) is 37.9 Å². The molecule has 0 unspecified atom stereocenters. The smallest absolute Gasteiger partial charge is 0.153 e. The van der Waals surface area contributed by atoms with E-state index in [1.54, 1.807) is 12.1 Å². The molecule has 0 saturated carbocycles. The summed E-state index contributed by atoms with van der Waals surface area (Å²) in [5.41, 5.74) is 3.09. The highest BCUT2D eigenvalue weighted by atomic mass is 19.1. The molecule has 0 saturated heterocycles. The zero-order valence-corrected chi connectivity index (χ0v) is 11.4. The van der Waals surface area contributed by atoms with Gasteiger partial charge in [0.15, 0.2) is 6.10 Å². The van der Waals surface area contributed by atoms with Crippen molar-refractivity contribution >= 4 is 11.0 Å². The van der Waals surface area contributed by atoms with E-state index in [0.717, 1.165) is 16.9 Å². The van der Waals surface area contributed by atoms with Crippen LogP contribution in [0.25, 0.3) is 11.0 Å². The van der Waals surface area contributed by atoms with Gasteiger partial charge in [0.2, 0.25) is 0 Å². The first-order valence-electron chi connectivity index (χ1n) is 6.50.